The summed E-state index contributed by atoms with van der Waals surface area (Å²) < 4.78 is 19.0. The van der Waals surface area contributed by atoms with Crippen LogP contribution >= 0.6 is 0 Å². The number of halogens is 1. The lowest BCUT2D eigenvalue weighted by Gasteiger charge is -2.15. The fourth-order valence-electron chi connectivity index (χ4n) is 2.94. The first kappa shape index (κ1) is 14.8. The highest BCUT2D eigenvalue weighted by molar-refractivity contribution is 5.92. The highest BCUT2D eigenvalue weighted by atomic mass is 19.1. The lowest BCUT2D eigenvalue weighted by Crippen LogP contribution is -2.28. The minimum atomic E-state index is -0.200. The maximum absolute atomic E-state index is 13.8. The third-order valence-electron chi connectivity index (χ3n) is 4.09. The molecule has 5 heteroatoms. The van der Waals surface area contributed by atoms with E-state index in [-0.39, 0.29) is 17.6 Å². The van der Waals surface area contributed by atoms with E-state index in [1.165, 1.54) is 6.07 Å². The molecule has 3 rings (SSSR count). The molecule has 116 valence electrons. The van der Waals surface area contributed by atoms with Crippen molar-refractivity contribution in [2.24, 2.45) is 0 Å². The maximum Gasteiger partial charge on any atom is 0.276 e. The second kappa shape index (κ2) is 6.30. The first-order valence-electron chi connectivity index (χ1n) is 7.68. The summed E-state index contributed by atoms with van der Waals surface area (Å²) >= 11 is 0. The van der Waals surface area contributed by atoms with E-state index in [9.17, 15) is 9.18 Å². The Balaban J connectivity index is 1.69. The van der Waals surface area contributed by atoms with Crippen LogP contribution in [-0.4, -0.2) is 29.1 Å². The molecule has 1 saturated heterocycles. The van der Waals surface area contributed by atoms with Gasteiger partial charge in [0.15, 0.2) is 5.69 Å². The van der Waals surface area contributed by atoms with E-state index in [0.717, 1.165) is 25.0 Å². The Bertz CT molecular complexity index is 668. The van der Waals surface area contributed by atoms with Gasteiger partial charge in [-0.25, -0.2) is 4.39 Å². The van der Waals surface area contributed by atoms with Crippen molar-refractivity contribution in [1.29, 1.82) is 0 Å². The number of likely N-dealkylation sites (tertiary alicyclic amines) is 1. The predicted octanol–water partition coefficient (Wildman–Crippen LogP) is 3.40. The first-order valence-corrected chi connectivity index (χ1v) is 7.68. The molecule has 0 bridgehead atoms. The summed E-state index contributed by atoms with van der Waals surface area (Å²) in [6, 6.07) is 8.49. The Labute approximate surface area is 128 Å². The summed E-state index contributed by atoms with van der Waals surface area (Å²) in [5.74, 6) is 0.446. The predicted molar refractivity (Wildman–Crippen MR) is 80.2 cm³/mol. The molecule has 1 aliphatic rings. The number of hydrogen-bond donors (Lipinski definition) is 0. The lowest BCUT2D eigenvalue weighted by atomic mass is 9.98. The molecule has 1 atom stereocenters. The number of aromatic nitrogens is 1. The molecule has 0 saturated carbocycles. The van der Waals surface area contributed by atoms with Crippen LogP contribution in [0.5, 0.6) is 0 Å². The van der Waals surface area contributed by atoms with Gasteiger partial charge in [0.05, 0.1) is 0 Å². The molecule has 0 radical (unpaired) electrons. The second-order valence-corrected chi connectivity index (χ2v) is 5.69. The number of benzene rings is 1. The number of hydrogen-bond acceptors (Lipinski definition) is 3. The molecule has 2 heterocycles. The molecule has 1 aliphatic heterocycles. The van der Waals surface area contributed by atoms with Gasteiger partial charge >= 0.3 is 0 Å². The summed E-state index contributed by atoms with van der Waals surface area (Å²) in [5, 5.41) is 3.85. The highest BCUT2D eigenvalue weighted by Gasteiger charge is 2.30. The largest absolute Gasteiger partial charge is 0.361 e. The minimum absolute atomic E-state index is 0.0483. The maximum atomic E-state index is 13.8. The fourth-order valence-corrected chi connectivity index (χ4v) is 2.94. The Hall–Kier alpha value is -2.17. The standard InChI is InChI=1S/C17H19FN2O2/c1-2-5-13-10-16(19-22-13)17(21)20-9-8-12(11-20)14-6-3-4-7-15(14)18/h3-4,6-7,10,12H,2,5,8-9,11H2,1H3. The molecule has 2 aromatic rings. The van der Waals surface area contributed by atoms with E-state index in [1.54, 1.807) is 23.1 Å². The summed E-state index contributed by atoms with van der Waals surface area (Å²) in [7, 11) is 0. The Morgan fingerprint density at radius 3 is 3.05 bits per heavy atom. The Morgan fingerprint density at radius 1 is 1.45 bits per heavy atom. The molecular formula is C17H19FN2O2. The van der Waals surface area contributed by atoms with Gasteiger partial charge in [-0.15, -0.1) is 0 Å². The molecule has 0 spiro atoms. The van der Waals surface area contributed by atoms with Crippen molar-refractivity contribution in [2.75, 3.05) is 13.1 Å². The molecule has 0 aliphatic carbocycles. The molecule has 22 heavy (non-hydrogen) atoms. The molecule has 1 aromatic carbocycles. The van der Waals surface area contributed by atoms with Crippen molar-refractivity contribution >= 4 is 5.91 Å². The van der Waals surface area contributed by atoms with Gasteiger partial charge < -0.3 is 9.42 Å². The van der Waals surface area contributed by atoms with Crippen LogP contribution in [0.2, 0.25) is 0 Å². The molecule has 1 amide bonds. The van der Waals surface area contributed by atoms with E-state index < -0.39 is 0 Å². The zero-order chi connectivity index (χ0) is 15.5. The molecule has 1 aromatic heterocycles. The molecule has 1 unspecified atom stereocenters. The van der Waals surface area contributed by atoms with Crippen LogP contribution in [0.25, 0.3) is 0 Å². The summed E-state index contributed by atoms with van der Waals surface area (Å²) in [6.07, 6.45) is 2.49. The van der Waals surface area contributed by atoms with E-state index >= 15 is 0 Å². The minimum Gasteiger partial charge on any atom is -0.361 e. The third kappa shape index (κ3) is 2.89. The number of rotatable bonds is 4. The zero-order valence-corrected chi connectivity index (χ0v) is 12.6. The van der Waals surface area contributed by atoms with Crippen molar-refractivity contribution in [3.8, 4) is 0 Å². The van der Waals surface area contributed by atoms with Crippen molar-refractivity contribution in [3.63, 3.8) is 0 Å². The average Bonchev–Trinajstić information content (AvgIpc) is 3.17. The van der Waals surface area contributed by atoms with Gasteiger partial charge in [0.1, 0.15) is 11.6 Å². The topological polar surface area (TPSA) is 46.3 Å². The quantitative estimate of drug-likeness (QED) is 0.869. The Morgan fingerprint density at radius 2 is 2.27 bits per heavy atom. The van der Waals surface area contributed by atoms with Crippen LogP contribution in [0.1, 0.15) is 47.5 Å². The number of carbonyl (C=O) groups excluding carboxylic acids is 1. The molecule has 1 fully saturated rings. The lowest BCUT2D eigenvalue weighted by molar-refractivity contribution is 0.0780. The van der Waals surface area contributed by atoms with Gasteiger partial charge in [0.2, 0.25) is 0 Å². The molecule has 4 nitrogen and oxygen atoms in total. The van der Waals surface area contributed by atoms with Crippen molar-refractivity contribution < 1.29 is 13.7 Å². The van der Waals surface area contributed by atoms with Crippen LogP contribution in [0.15, 0.2) is 34.9 Å². The van der Waals surface area contributed by atoms with Gasteiger partial charge in [-0.1, -0.05) is 30.3 Å². The summed E-state index contributed by atoms with van der Waals surface area (Å²) in [6.45, 7) is 3.19. The van der Waals surface area contributed by atoms with E-state index in [2.05, 4.69) is 5.16 Å². The van der Waals surface area contributed by atoms with Gasteiger partial charge in [-0.2, -0.15) is 0 Å². The van der Waals surface area contributed by atoms with Crippen LogP contribution in [0.4, 0.5) is 4.39 Å². The van der Waals surface area contributed by atoms with Gasteiger partial charge in [0, 0.05) is 31.5 Å². The van der Waals surface area contributed by atoms with E-state index in [0.29, 0.717) is 24.3 Å². The van der Waals surface area contributed by atoms with Gasteiger partial charge in [0.25, 0.3) is 5.91 Å². The molecule has 0 N–H and O–H groups in total. The number of carbonyl (C=O) groups is 1. The number of nitrogens with zero attached hydrogens (tertiary/aromatic N) is 2. The zero-order valence-electron chi connectivity index (χ0n) is 12.6. The van der Waals surface area contributed by atoms with Crippen LogP contribution < -0.4 is 0 Å². The summed E-state index contributed by atoms with van der Waals surface area (Å²) in [5.41, 5.74) is 1.03. The second-order valence-electron chi connectivity index (χ2n) is 5.69. The third-order valence-corrected chi connectivity index (χ3v) is 4.09. The average molecular weight is 302 g/mol. The summed E-state index contributed by atoms with van der Waals surface area (Å²) in [4.78, 5) is 14.2. The monoisotopic (exact) mass is 302 g/mol. The van der Waals surface area contributed by atoms with E-state index in [4.69, 9.17) is 4.52 Å². The highest BCUT2D eigenvalue weighted by Crippen LogP contribution is 2.29. The number of aryl methyl sites for hydroxylation is 1. The van der Waals surface area contributed by atoms with Crippen molar-refractivity contribution in [3.05, 3.63) is 53.2 Å². The smallest absolute Gasteiger partial charge is 0.276 e. The SMILES string of the molecule is CCCc1cc(C(=O)N2CCC(c3ccccc3F)C2)no1. The fraction of sp³-hybridized carbons (Fsp3) is 0.412. The molecular weight excluding hydrogens is 283 g/mol. The van der Waals surface area contributed by atoms with Crippen LogP contribution in [0.3, 0.4) is 0 Å². The normalized spacial score (nSPS) is 17.9. The van der Waals surface area contributed by atoms with Crippen molar-refractivity contribution in [1.82, 2.24) is 10.1 Å². The first-order chi connectivity index (χ1) is 10.7. The van der Waals surface area contributed by atoms with Gasteiger partial charge in [-0.05, 0) is 24.5 Å². The van der Waals surface area contributed by atoms with Crippen molar-refractivity contribution in [2.45, 2.75) is 32.1 Å². The van der Waals surface area contributed by atoms with E-state index in [1.807, 2.05) is 13.0 Å². The van der Waals surface area contributed by atoms with Gasteiger partial charge in [-0.3, -0.25) is 4.79 Å². The number of amides is 1. The van der Waals surface area contributed by atoms with Crippen LogP contribution in [-0.2, 0) is 6.42 Å². The van der Waals surface area contributed by atoms with Crippen LogP contribution in [0, 0.1) is 5.82 Å². The Kier molecular flexibility index (Phi) is 4.22.